The van der Waals surface area contributed by atoms with Crippen LogP contribution >= 0.6 is 11.3 Å². The smallest absolute Gasteiger partial charge is 0.345 e. The van der Waals surface area contributed by atoms with Crippen LogP contribution < -0.4 is 4.74 Å². The summed E-state index contributed by atoms with van der Waals surface area (Å²) in [6.45, 7) is 1.95. The number of carbonyl (C=O) groups excluding carboxylic acids is 1. The molecule has 1 heterocycles. The largest absolute Gasteiger partial charge is 0.496 e. The van der Waals surface area contributed by atoms with Gasteiger partial charge >= 0.3 is 5.97 Å². The number of thiophene rings is 1. The number of aromatic carboxylic acids is 1. The molecular weight excluding hydrogens is 314 g/mol. The summed E-state index contributed by atoms with van der Waals surface area (Å²) in [5, 5.41) is 8.95. The summed E-state index contributed by atoms with van der Waals surface area (Å²) in [5.41, 5.74) is 1.03. The molecule has 2 aromatic rings. The fourth-order valence-corrected chi connectivity index (χ4v) is 3.10. The number of methoxy groups -OCH3 is 1. The molecule has 1 aromatic heterocycles. The standard InChI is InChI=1S/C17H19NO4S/c1-11(10-12-6-4-5-7-13(12)22-3)18(2)16(19)14-8-9-15(23-14)17(20)21/h4-9,11H,10H2,1-3H3,(H,20,21). The van der Waals surface area contributed by atoms with E-state index in [1.165, 1.54) is 6.07 Å². The van der Waals surface area contributed by atoms with Crippen molar-refractivity contribution in [3.8, 4) is 5.75 Å². The van der Waals surface area contributed by atoms with Crippen LogP contribution in [0.2, 0.25) is 0 Å². The molecule has 0 bridgehead atoms. The van der Waals surface area contributed by atoms with Crippen molar-refractivity contribution in [1.82, 2.24) is 4.90 Å². The van der Waals surface area contributed by atoms with E-state index in [1.807, 2.05) is 31.2 Å². The SMILES string of the molecule is COc1ccccc1CC(C)N(C)C(=O)c1ccc(C(=O)O)s1. The second-order valence-electron chi connectivity index (χ2n) is 5.25. The van der Waals surface area contributed by atoms with Crippen LogP contribution in [0.25, 0.3) is 0 Å². The van der Waals surface area contributed by atoms with Gasteiger partial charge in [0.25, 0.3) is 5.91 Å². The second-order valence-corrected chi connectivity index (χ2v) is 6.33. The van der Waals surface area contributed by atoms with Gasteiger partial charge in [-0.05, 0) is 37.1 Å². The van der Waals surface area contributed by atoms with Crippen LogP contribution in [0.3, 0.4) is 0 Å². The Kier molecular flexibility index (Phi) is 5.39. The Balaban J connectivity index is 2.10. The lowest BCUT2D eigenvalue weighted by Gasteiger charge is -2.25. The molecular formula is C17H19NO4S. The van der Waals surface area contributed by atoms with Gasteiger partial charge in [0.05, 0.1) is 12.0 Å². The Labute approximate surface area is 139 Å². The third-order valence-corrected chi connectivity index (χ3v) is 4.78. The highest BCUT2D eigenvalue weighted by Crippen LogP contribution is 2.22. The zero-order valence-electron chi connectivity index (χ0n) is 13.3. The lowest BCUT2D eigenvalue weighted by molar-refractivity contribution is 0.0701. The quantitative estimate of drug-likeness (QED) is 0.882. The molecule has 2 rings (SSSR count). The minimum atomic E-state index is -1.02. The maximum absolute atomic E-state index is 12.5. The predicted molar refractivity (Wildman–Crippen MR) is 89.5 cm³/mol. The van der Waals surface area contributed by atoms with Crippen LogP contribution in [0.4, 0.5) is 0 Å². The molecule has 0 radical (unpaired) electrons. The van der Waals surface area contributed by atoms with Crippen LogP contribution in [0.15, 0.2) is 36.4 Å². The molecule has 0 aliphatic carbocycles. The first kappa shape index (κ1) is 17.0. The van der Waals surface area contributed by atoms with Crippen LogP contribution in [-0.4, -0.2) is 42.1 Å². The molecule has 5 nitrogen and oxygen atoms in total. The predicted octanol–water partition coefficient (Wildman–Crippen LogP) is 3.16. The number of carboxylic acid groups (broad SMARTS) is 1. The summed E-state index contributed by atoms with van der Waals surface area (Å²) in [6.07, 6.45) is 0.656. The molecule has 1 amide bonds. The summed E-state index contributed by atoms with van der Waals surface area (Å²) in [4.78, 5) is 25.6. The van der Waals surface area contributed by atoms with E-state index in [-0.39, 0.29) is 16.8 Å². The van der Waals surface area contributed by atoms with Gasteiger partial charge in [0, 0.05) is 13.1 Å². The number of benzene rings is 1. The summed E-state index contributed by atoms with van der Waals surface area (Å²) in [6, 6.07) is 10.7. The molecule has 23 heavy (non-hydrogen) atoms. The van der Waals surface area contributed by atoms with Gasteiger partial charge in [-0.2, -0.15) is 0 Å². The van der Waals surface area contributed by atoms with Crippen LogP contribution in [0.5, 0.6) is 5.75 Å². The van der Waals surface area contributed by atoms with Crippen molar-refractivity contribution in [2.24, 2.45) is 0 Å². The summed E-state index contributed by atoms with van der Waals surface area (Å²) in [5.74, 6) is -0.395. The van der Waals surface area contributed by atoms with Gasteiger partial charge in [-0.1, -0.05) is 18.2 Å². The molecule has 0 saturated heterocycles. The normalized spacial score (nSPS) is 11.8. The number of carbonyl (C=O) groups is 2. The molecule has 0 aliphatic rings. The number of para-hydroxylation sites is 1. The number of hydrogen-bond donors (Lipinski definition) is 1. The van der Waals surface area contributed by atoms with Crippen molar-refractivity contribution in [3.05, 3.63) is 51.7 Å². The van der Waals surface area contributed by atoms with Gasteiger partial charge in [0.15, 0.2) is 0 Å². The number of ether oxygens (including phenoxy) is 1. The van der Waals surface area contributed by atoms with E-state index in [0.717, 1.165) is 22.6 Å². The molecule has 0 fully saturated rings. The number of hydrogen-bond acceptors (Lipinski definition) is 4. The van der Waals surface area contributed by atoms with E-state index in [1.54, 1.807) is 25.1 Å². The highest BCUT2D eigenvalue weighted by Gasteiger charge is 2.21. The van der Waals surface area contributed by atoms with Crippen molar-refractivity contribution in [2.75, 3.05) is 14.2 Å². The van der Waals surface area contributed by atoms with Crippen molar-refractivity contribution >= 4 is 23.2 Å². The lowest BCUT2D eigenvalue weighted by Crippen LogP contribution is -2.36. The van der Waals surface area contributed by atoms with Gasteiger partial charge in [0.1, 0.15) is 10.6 Å². The fraction of sp³-hybridized carbons (Fsp3) is 0.294. The van der Waals surface area contributed by atoms with Crippen molar-refractivity contribution in [3.63, 3.8) is 0 Å². The van der Waals surface area contributed by atoms with Crippen molar-refractivity contribution < 1.29 is 19.4 Å². The number of rotatable bonds is 6. The van der Waals surface area contributed by atoms with Crippen LogP contribution in [0.1, 0.15) is 31.8 Å². The van der Waals surface area contributed by atoms with Crippen LogP contribution in [0, 0.1) is 0 Å². The Hall–Kier alpha value is -2.34. The van der Waals surface area contributed by atoms with Gasteiger partial charge in [-0.15, -0.1) is 11.3 Å². The Bertz CT molecular complexity index is 710. The second kappa shape index (κ2) is 7.28. The van der Waals surface area contributed by atoms with Crippen molar-refractivity contribution in [1.29, 1.82) is 0 Å². The number of carboxylic acids is 1. The molecule has 1 aromatic carbocycles. The minimum Gasteiger partial charge on any atom is -0.496 e. The summed E-state index contributed by atoms with van der Waals surface area (Å²) >= 11 is 0.993. The van der Waals surface area contributed by atoms with Crippen molar-refractivity contribution in [2.45, 2.75) is 19.4 Å². The molecule has 0 aliphatic heterocycles. The maximum Gasteiger partial charge on any atom is 0.345 e. The zero-order valence-corrected chi connectivity index (χ0v) is 14.1. The highest BCUT2D eigenvalue weighted by molar-refractivity contribution is 7.15. The average molecular weight is 333 g/mol. The lowest BCUT2D eigenvalue weighted by atomic mass is 10.0. The Morgan fingerprint density at radius 1 is 1.22 bits per heavy atom. The Morgan fingerprint density at radius 3 is 2.48 bits per heavy atom. The first-order valence-corrected chi connectivity index (χ1v) is 7.98. The number of nitrogens with zero attached hydrogens (tertiary/aromatic N) is 1. The molecule has 1 N–H and O–H groups in total. The van der Waals surface area contributed by atoms with Gasteiger partial charge < -0.3 is 14.7 Å². The molecule has 6 heteroatoms. The summed E-state index contributed by atoms with van der Waals surface area (Å²) in [7, 11) is 3.35. The van der Waals surface area contributed by atoms with E-state index < -0.39 is 5.97 Å². The van der Waals surface area contributed by atoms with E-state index >= 15 is 0 Å². The van der Waals surface area contributed by atoms with E-state index in [4.69, 9.17) is 9.84 Å². The number of amides is 1. The molecule has 0 saturated carbocycles. The fourth-order valence-electron chi connectivity index (χ4n) is 2.27. The molecule has 1 unspecified atom stereocenters. The Morgan fingerprint density at radius 2 is 1.87 bits per heavy atom. The summed E-state index contributed by atoms with van der Waals surface area (Å²) < 4.78 is 5.33. The van der Waals surface area contributed by atoms with E-state index in [2.05, 4.69) is 0 Å². The molecule has 0 spiro atoms. The topological polar surface area (TPSA) is 66.8 Å². The number of likely N-dealkylation sites (N-methyl/N-ethyl adjacent to an activating group) is 1. The average Bonchev–Trinajstić information content (AvgIpc) is 3.04. The highest BCUT2D eigenvalue weighted by atomic mass is 32.1. The van der Waals surface area contributed by atoms with E-state index in [0.29, 0.717) is 11.3 Å². The third kappa shape index (κ3) is 3.90. The van der Waals surface area contributed by atoms with Gasteiger partial charge in [0.2, 0.25) is 0 Å². The molecule has 122 valence electrons. The van der Waals surface area contributed by atoms with Gasteiger partial charge in [-0.25, -0.2) is 4.79 Å². The third-order valence-electron chi connectivity index (χ3n) is 3.72. The van der Waals surface area contributed by atoms with Gasteiger partial charge in [-0.3, -0.25) is 4.79 Å². The minimum absolute atomic E-state index is 0.0471. The zero-order chi connectivity index (χ0) is 17.0. The monoisotopic (exact) mass is 333 g/mol. The first-order valence-electron chi connectivity index (χ1n) is 7.16. The van der Waals surface area contributed by atoms with Crippen LogP contribution in [-0.2, 0) is 6.42 Å². The molecule has 1 atom stereocenters. The first-order chi connectivity index (χ1) is 10.9. The maximum atomic E-state index is 12.5. The van der Waals surface area contributed by atoms with E-state index in [9.17, 15) is 9.59 Å².